The molecule has 0 amide bonds. The minimum Gasteiger partial charge on any atom is -0.507 e. The second-order valence-electron chi connectivity index (χ2n) is 2.43. The molecular weight excluding hydrogens is 287 g/mol. The molecule has 0 aliphatic rings. The van der Waals surface area contributed by atoms with Gasteiger partial charge in [-0.2, -0.15) is 0 Å². The van der Waals surface area contributed by atoms with Gasteiger partial charge in [0.1, 0.15) is 11.5 Å². The average Bonchev–Trinajstić information content (AvgIpc) is 2.03. The predicted octanol–water partition coefficient (Wildman–Crippen LogP) is 1.73. The van der Waals surface area contributed by atoms with Crippen LogP contribution in [-0.2, 0) is 4.43 Å². The molecule has 0 aliphatic heterocycles. The van der Waals surface area contributed by atoms with E-state index in [1.165, 1.54) is 0 Å². The van der Waals surface area contributed by atoms with Crippen molar-refractivity contribution >= 4 is 28.6 Å². The third kappa shape index (κ3) is 2.03. The van der Waals surface area contributed by atoms with Crippen LogP contribution in [0.4, 0.5) is 0 Å². The number of benzene rings is 1. The van der Waals surface area contributed by atoms with Gasteiger partial charge in [0.15, 0.2) is 0 Å². The van der Waals surface area contributed by atoms with Gasteiger partial charge in [0.05, 0.1) is 5.56 Å². The Bertz CT molecular complexity index is 325. The summed E-state index contributed by atoms with van der Waals surface area (Å²) in [4.78, 5) is 10.5. The van der Waals surface area contributed by atoms with Crippen molar-refractivity contribution < 1.29 is 20.1 Å². The molecule has 13 heavy (non-hydrogen) atoms. The minimum atomic E-state index is -1.18. The zero-order valence-corrected chi connectivity index (χ0v) is 8.65. The Kier molecular flexibility index (Phi) is 2.97. The zero-order chi connectivity index (χ0) is 10.0. The van der Waals surface area contributed by atoms with Crippen molar-refractivity contribution in [3.63, 3.8) is 0 Å². The number of phenolic OH excluding ortho intramolecular Hbond substituents is 2. The summed E-state index contributed by atoms with van der Waals surface area (Å²) in [6.07, 6.45) is 0. The molecule has 0 fully saturated rings. The minimum absolute atomic E-state index is 0.122. The van der Waals surface area contributed by atoms with Crippen molar-refractivity contribution in [2.24, 2.45) is 0 Å². The second-order valence-corrected chi connectivity index (χ2v) is 3.19. The van der Waals surface area contributed by atoms with Crippen LogP contribution in [0.15, 0.2) is 12.1 Å². The van der Waals surface area contributed by atoms with Crippen molar-refractivity contribution in [1.82, 2.24) is 0 Å². The predicted molar refractivity (Wildman–Crippen MR) is 54.5 cm³/mol. The average molecular weight is 294 g/mol. The molecule has 0 aliphatic carbocycles. The molecule has 0 unspecified atom stereocenters. The van der Waals surface area contributed by atoms with Crippen LogP contribution in [0.3, 0.4) is 0 Å². The highest BCUT2D eigenvalue weighted by Gasteiger charge is 2.11. The van der Waals surface area contributed by atoms with Gasteiger partial charge in [-0.1, -0.05) is 22.6 Å². The molecule has 3 N–H and O–H groups in total. The summed E-state index contributed by atoms with van der Waals surface area (Å²) >= 11 is 1.97. The Hall–Kier alpha value is -0.980. The number of halogens is 1. The van der Waals surface area contributed by atoms with E-state index in [1.54, 1.807) is 0 Å². The van der Waals surface area contributed by atoms with Crippen LogP contribution in [0, 0.1) is 0 Å². The summed E-state index contributed by atoms with van der Waals surface area (Å²) in [7, 11) is 0. The maximum absolute atomic E-state index is 10.5. The molecule has 4 nitrogen and oxygen atoms in total. The highest BCUT2D eigenvalue weighted by molar-refractivity contribution is 14.1. The fourth-order valence-corrected chi connectivity index (χ4v) is 1.68. The Morgan fingerprint density at radius 1 is 1.31 bits per heavy atom. The number of carboxylic acids is 1. The van der Waals surface area contributed by atoms with Gasteiger partial charge >= 0.3 is 5.97 Å². The molecule has 5 heteroatoms. The fourth-order valence-electron chi connectivity index (χ4n) is 0.902. The van der Waals surface area contributed by atoms with Gasteiger partial charge in [-0.05, 0) is 12.1 Å². The first-order valence-corrected chi connectivity index (χ1v) is 4.93. The maximum Gasteiger partial charge on any atom is 0.335 e. The van der Waals surface area contributed by atoms with Crippen LogP contribution in [0.5, 0.6) is 11.5 Å². The van der Waals surface area contributed by atoms with Crippen LogP contribution < -0.4 is 0 Å². The SMILES string of the molecule is O=C(O)c1cc(O)c(CI)c(O)c1. The summed E-state index contributed by atoms with van der Waals surface area (Å²) in [5.41, 5.74) is 0.231. The van der Waals surface area contributed by atoms with E-state index in [4.69, 9.17) is 5.11 Å². The summed E-state index contributed by atoms with van der Waals surface area (Å²) in [5, 5.41) is 27.2. The first kappa shape index (κ1) is 10.1. The Labute approximate surface area is 88.0 Å². The zero-order valence-electron chi connectivity index (χ0n) is 6.49. The van der Waals surface area contributed by atoms with E-state index in [0.29, 0.717) is 9.99 Å². The highest BCUT2D eigenvalue weighted by atomic mass is 127. The van der Waals surface area contributed by atoms with Crippen molar-refractivity contribution in [1.29, 1.82) is 0 Å². The number of hydrogen-bond acceptors (Lipinski definition) is 3. The smallest absolute Gasteiger partial charge is 0.335 e. The quantitative estimate of drug-likeness (QED) is 0.573. The maximum atomic E-state index is 10.5. The molecule has 70 valence electrons. The third-order valence-corrected chi connectivity index (χ3v) is 2.35. The molecule has 1 aromatic carbocycles. The summed E-state index contributed by atoms with van der Waals surface area (Å²) in [6, 6.07) is 2.24. The number of carboxylic acid groups (broad SMARTS) is 1. The van der Waals surface area contributed by atoms with Gasteiger partial charge in [-0.25, -0.2) is 4.79 Å². The standard InChI is InChI=1S/C8H7IO4/c9-3-5-6(10)1-4(8(12)13)2-7(5)11/h1-2,10-11H,3H2,(H,12,13). The van der Waals surface area contributed by atoms with Crippen molar-refractivity contribution in [2.75, 3.05) is 0 Å². The van der Waals surface area contributed by atoms with E-state index < -0.39 is 5.97 Å². The molecular formula is C8H7IO4. The molecule has 0 atom stereocenters. The number of alkyl halides is 1. The normalized spacial score (nSPS) is 9.92. The van der Waals surface area contributed by atoms with Gasteiger partial charge in [-0.3, -0.25) is 0 Å². The number of aromatic hydroxyl groups is 2. The van der Waals surface area contributed by atoms with Crippen LogP contribution in [0.1, 0.15) is 15.9 Å². The van der Waals surface area contributed by atoms with E-state index in [9.17, 15) is 15.0 Å². The summed E-state index contributed by atoms with van der Waals surface area (Å²) in [5.74, 6) is -1.55. The topological polar surface area (TPSA) is 77.8 Å². The monoisotopic (exact) mass is 294 g/mol. The Morgan fingerprint density at radius 3 is 2.08 bits per heavy atom. The third-order valence-electron chi connectivity index (χ3n) is 1.58. The van der Waals surface area contributed by atoms with Crippen LogP contribution in [0.25, 0.3) is 0 Å². The molecule has 0 saturated heterocycles. The van der Waals surface area contributed by atoms with Gasteiger partial charge in [0.2, 0.25) is 0 Å². The molecule has 0 spiro atoms. The summed E-state index contributed by atoms with van der Waals surface area (Å²) in [6.45, 7) is 0. The fraction of sp³-hybridized carbons (Fsp3) is 0.125. The number of hydrogen-bond donors (Lipinski definition) is 3. The number of rotatable bonds is 2. The lowest BCUT2D eigenvalue weighted by Crippen LogP contribution is -1.96. The lowest BCUT2D eigenvalue weighted by Gasteiger charge is -2.04. The first-order chi connectivity index (χ1) is 6.06. The van der Waals surface area contributed by atoms with Crippen molar-refractivity contribution in [3.8, 4) is 11.5 Å². The Balaban J connectivity index is 3.28. The van der Waals surface area contributed by atoms with Crippen LogP contribution in [0.2, 0.25) is 0 Å². The van der Waals surface area contributed by atoms with Gasteiger partial charge in [0, 0.05) is 9.99 Å². The number of phenols is 2. The van der Waals surface area contributed by atoms with Crippen molar-refractivity contribution in [2.45, 2.75) is 4.43 Å². The summed E-state index contributed by atoms with van der Waals surface area (Å²) < 4.78 is 0.426. The van der Waals surface area contributed by atoms with E-state index >= 15 is 0 Å². The molecule has 0 saturated carbocycles. The van der Waals surface area contributed by atoms with E-state index in [0.717, 1.165) is 12.1 Å². The molecule has 0 bridgehead atoms. The van der Waals surface area contributed by atoms with Gasteiger partial charge in [-0.15, -0.1) is 0 Å². The number of carbonyl (C=O) groups is 1. The molecule has 1 rings (SSSR count). The lowest BCUT2D eigenvalue weighted by atomic mass is 10.1. The van der Waals surface area contributed by atoms with E-state index in [-0.39, 0.29) is 17.1 Å². The molecule has 1 aromatic rings. The van der Waals surface area contributed by atoms with Crippen molar-refractivity contribution in [3.05, 3.63) is 23.3 Å². The van der Waals surface area contributed by atoms with E-state index in [2.05, 4.69) is 0 Å². The molecule has 0 radical (unpaired) electrons. The lowest BCUT2D eigenvalue weighted by molar-refractivity contribution is 0.0696. The van der Waals surface area contributed by atoms with Crippen LogP contribution in [-0.4, -0.2) is 21.3 Å². The second kappa shape index (κ2) is 3.82. The van der Waals surface area contributed by atoms with Crippen LogP contribution >= 0.6 is 22.6 Å². The van der Waals surface area contributed by atoms with Gasteiger partial charge in [0.25, 0.3) is 0 Å². The Morgan fingerprint density at radius 2 is 1.77 bits per heavy atom. The van der Waals surface area contributed by atoms with E-state index in [1.807, 2.05) is 22.6 Å². The highest BCUT2D eigenvalue weighted by Crippen LogP contribution is 2.30. The number of aromatic carboxylic acids is 1. The first-order valence-electron chi connectivity index (χ1n) is 3.40. The largest absolute Gasteiger partial charge is 0.507 e. The molecule has 0 aromatic heterocycles. The molecule has 0 heterocycles. The van der Waals surface area contributed by atoms with Gasteiger partial charge < -0.3 is 15.3 Å².